The summed E-state index contributed by atoms with van der Waals surface area (Å²) in [7, 11) is 0. The predicted molar refractivity (Wildman–Crippen MR) is 95.4 cm³/mol. The van der Waals surface area contributed by atoms with E-state index in [2.05, 4.69) is 5.32 Å². The Morgan fingerprint density at radius 1 is 1.04 bits per heavy atom. The smallest absolute Gasteiger partial charge is 0.408 e. The molecule has 0 heterocycles. The Balaban J connectivity index is 3.08. The predicted octanol–water partition coefficient (Wildman–Crippen LogP) is 3.61. The molecule has 6 nitrogen and oxygen atoms in total. The van der Waals surface area contributed by atoms with Crippen LogP contribution in [0.2, 0.25) is 5.02 Å². The van der Waals surface area contributed by atoms with Crippen LogP contribution in [-0.4, -0.2) is 34.4 Å². The van der Waals surface area contributed by atoms with Gasteiger partial charge in [-0.2, -0.15) is 0 Å². The number of carbonyl (C=O) groups excluding carboxylic acids is 2. The fourth-order valence-corrected chi connectivity index (χ4v) is 2.21. The zero-order valence-electron chi connectivity index (χ0n) is 15.4. The van der Waals surface area contributed by atoms with Gasteiger partial charge in [0, 0.05) is 10.6 Å². The Labute approximate surface area is 153 Å². The number of amides is 1. The minimum atomic E-state index is -1.39. The van der Waals surface area contributed by atoms with Gasteiger partial charge in [0.2, 0.25) is 0 Å². The van der Waals surface area contributed by atoms with Crippen molar-refractivity contribution in [3.63, 3.8) is 0 Å². The number of benzene rings is 1. The van der Waals surface area contributed by atoms with Crippen molar-refractivity contribution in [3.05, 3.63) is 34.9 Å². The van der Waals surface area contributed by atoms with Gasteiger partial charge in [-0.05, 0) is 47.6 Å². The standard InChI is InChI=1S/C18H26ClNO5/c1-17(2,3)24-15(22)13(20-16(23)25-18(4,5)6)14(21)11-9-7-8-10-12(11)19/h7-10,13-14,21H,1-6H3,(H,20,23)/t13-,14+/m0/s1. The highest BCUT2D eigenvalue weighted by molar-refractivity contribution is 6.31. The molecular formula is C18H26ClNO5. The summed E-state index contributed by atoms with van der Waals surface area (Å²) in [5, 5.41) is 13.3. The van der Waals surface area contributed by atoms with Crippen molar-refractivity contribution >= 4 is 23.7 Å². The van der Waals surface area contributed by atoms with Crippen molar-refractivity contribution in [1.82, 2.24) is 5.32 Å². The number of halogens is 1. The third-order valence-electron chi connectivity index (χ3n) is 2.87. The Morgan fingerprint density at radius 3 is 2.04 bits per heavy atom. The number of esters is 1. The van der Waals surface area contributed by atoms with Crippen LogP contribution in [0.4, 0.5) is 4.79 Å². The van der Waals surface area contributed by atoms with Crippen LogP contribution < -0.4 is 5.32 Å². The van der Waals surface area contributed by atoms with Crippen LogP contribution in [0.25, 0.3) is 0 Å². The number of hydrogen-bond acceptors (Lipinski definition) is 5. The Hall–Kier alpha value is -1.79. The molecule has 1 aromatic carbocycles. The summed E-state index contributed by atoms with van der Waals surface area (Å²) in [6.07, 6.45) is -2.23. The molecule has 0 radical (unpaired) electrons. The maximum absolute atomic E-state index is 12.5. The van der Waals surface area contributed by atoms with Crippen LogP contribution in [0.1, 0.15) is 53.2 Å². The normalized spacial score (nSPS) is 14.4. The first kappa shape index (κ1) is 21.3. The fraction of sp³-hybridized carbons (Fsp3) is 0.556. The van der Waals surface area contributed by atoms with Crippen LogP contribution in [0.15, 0.2) is 24.3 Å². The highest BCUT2D eigenvalue weighted by Crippen LogP contribution is 2.26. The first-order chi connectivity index (χ1) is 11.3. The molecule has 1 amide bonds. The Kier molecular flexibility index (Phi) is 6.85. The molecule has 0 saturated heterocycles. The number of carbonyl (C=O) groups is 2. The van der Waals surface area contributed by atoms with Gasteiger partial charge in [0.05, 0.1) is 0 Å². The molecule has 2 atom stereocenters. The van der Waals surface area contributed by atoms with Crippen molar-refractivity contribution in [2.45, 2.75) is 64.9 Å². The van der Waals surface area contributed by atoms with E-state index in [0.717, 1.165) is 0 Å². The molecule has 0 saturated carbocycles. The molecule has 7 heteroatoms. The van der Waals surface area contributed by atoms with Gasteiger partial charge in [-0.15, -0.1) is 0 Å². The number of ether oxygens (including phenoxy) is 2. The van der Waals surface area contributed by atoms with Crippen molar-refractivity contribution in [2.24, 2.45) is 0 Å². The maximum atomic E-state index is 12.5. The topological polar surface area (TPSA) is 84.9 Å². The second-order valence-electron chi connectivity index (χ2n) is 7.62. The van der Waals surface area contributed by atoms with Gasteiger partial charge < -0.3 is 19.9 Å². The van der Waals surface area contributed by atoms with Crippen LogP contribution in [-0.2, 0) is 14.3 Å². The number of aliphatic hydroxyl groups excluding tert-OH is 1. The van der Waals surface area contributed by atoms with E-state index >= 15 is 0 Å². The average Bonchev–Trinajstić information content (AvgIpc) is 2.40. The fourth-order valence-electron chi connectivity index (χ4n) is 1.96. The van der Waals surface area contributed by atoms with E-state index in [1.54, 1.807) is 65.8 Å². The van der Waals surface area contributed by atoms with Gasteiger partial charge >= 0.3 is 12.1 Å². The molecule has 1 aromatic rings. The average molecular weight is 372 g/mol. The van der Waals surface area contributed by atoms with E-state index in [-0.39, 0.29) is 5.02 Å². The molecule has 0 aliphatic rings. The van der Waals surface area contributed by atoms with Crippen molar-refractivity contribution in [1.29, 1.82) is 0 Å². The summed E-state index contributed by atoms with van der Waals surface area (Å²) >= 11 is 6.09. The molecular weight excluding hydrogens is 346 g/mol. The number of nitrogens with one attached hydrogen (secondary N) is 1. The summed E-state index contributed by atoms with van der Waals surface area (Å²) in [5.41, 5.74) is -1.24. The summed E-state index contributed by atoms with van der Waals surface area (Å²) in [6, 6.07) is 5.15. The lowest BCUT2D eigenvalue weighted by Crippen LogP contribution is -2.49. The lowest BCUT2D eigenvalue weighted by molar-refractivity contribution is -0.160. The molecule has 1 rings (SSSR count). The third-order valence-corrected chi connectivity index (χ3v) is 3.22. The summed E-state index contributed by atoms with van der Waals surface area (Å²) in [5.74, 6) is -0.786. The lowest BCUT2D eigenvalue weighted by Gasteiger charge is -2.29. The Bertz CT molecular complexity index is 619. The largest absolute Gasteiger partial charge is 0.458 e. The molecule has 0 fully saturated rings. The van der Waals surface area contributed by atoms with Gasteiger partial charge in [-0.1, -0.05) is 29.8 Å². The molecule has 2 N–H and O–H groups in total. The van der Waals surface area contributed by atoms with Gasteiger partial charge in [0.15, 0.2) is 6.04 Å². The molecule has 0 aliphatic carbocycles. The lowest BCUT2D eigenvalue weighted by atomic mass is 10.0. The zero-order chi connectivity index (χ0) is 19.4. The van der Waals surface area contributed by atoms with Crippen molar-refractivity contribution in [3.8, 4) is 0 Å². The summed E-state index contributed by atoms with van der Waals surface area (Å²) in [6.45, 7) is 10.2. The van der Waals surface area contributed by atoms with Gasteiger partial charge in [0.1, 0.15) is 17.3 Å². The van der Waals surface area contributed by atoms with E-state index in [4.69, 9.17) is 21.1 Å². The molecule has 0 aromatic heterocycles. The second kappa shape index (κ2) is 8.06. The van der Waals surface area contributed by atoms with Crippen LogP contribution in [0.5, 0.6) is 0 Å². The summed E-state index contributed by atoms with van der Waals surface area (Å²) < 4.78 is 10.5. The number of alkyl carbamates (subject to hydrolysis) is 1. The molecule has 0 aliphatic heterocycles. The van der Waals surface area contributed by atoms with E-state index in [9.17, 15) is 14.7 Å². The minimum absolute atomic E-state index is 0.273. The first-order valence-corrected chi connectivity index (χ1v) is 8.33. The Morgan fingerprint density at radius 2 is 1.56 bits per heavy atom. The third kappa shape index (κ3) is 7.32. The van der Waals surface area contributed by atoms with Crippen LogP contribution in [0.3, 0.4) is 0 Å². The molecule has 25 heavy (non-hydrogen) atoms. The second-order valence-corrected chi connectivity index (χ2v) is 8.03. The minimum Gasteiger partial charge on any atom is -0.458 e. The van der Waals surface area contributed by atoms with Crippen molar-refractivity contribution in [2.75, 3.05) is 0 Å². The molecule has 140 valence electrons. The quantitative estimate of drug-likeness (QED) is 0.790. The van der Waals surface area contributed by atoms with E-state index in [1.807, 2.05) is 0 Å². The first-order valence-electron chi connectivity index (χ1n) is 7.95. The van der Waals surface area contributed by atoms with E-state index in [1.165, 1.54) is 0 Å². The van der Waals surface area contributed by atoms with Gasteiger partial charge in [-0.3, -0.25) is 0 Å². The maximum Gasteiger partial charge on any atom is 0.408 e. The van der Waals surface area contributed by atoms with Crippen molar-refractivity contribution < 1.29 is 24.2 Å². The number of hydrogen-bond donors (Lipinski definition) is 2. The number of rotatable bonds is 4. The highest BCUT2D eigenvalue weighted by atomic mass is 35.5. The monoisotopic (exact) mass is 371 g/mol. The molecule has 0 unspecified atom stereocenters. The summed E-state index contributed by atoms with van der Waals surface area (Å²) in [4.78, 5) is 24.6. The number of aliphatic hydroxyl groups is 1. The molecule has 0 bridgehead atoms. The van der Waals surface area contributed by atoms with Crippen LogP contribution >= 0.6 is 11.6 Å². The zero-order valence-corrected chi connectivity index (χ0v) is 16.2. The van der Waals surface area contributed by atoms with E-state index in [0.29, 0.717) is 5.56 Å². The van der Waals surface area contributed by atoms with Gasteiger partial charge in [-0.25, -0.2) is 9.59 Å². The SMILES string of the molecule is CC(C)(C)OC(=O)N[C@H](C(=O)OC(C)(C)C)[C@H](O)c1ccccc1Cl. The van der Waals surface area contributed by atoms with Crippen LogP contribution in [0, 0.1) is 0 Å². The van der Waals surface area contributed by atoms with Gasteiger partial charge in [0.25, 0.3) is 0 Å². The molecule has 0 spiro atoms. The van der Waals surface area contributed by atoms with E-state index < -0.39 is 35.4 Å². The highest BCUT2D eigenvalue weighted by Gasteiger charge is 2.35.